The summed E-state index contributed by atoms with van der Waals surface area (Å²) < 4.78 is 31.7. The Morgan fingerprint density at radius 2 is 1.94 bits per heavy atom. The van der Waals surface area contributed by atoms with E-state index in [4.69, 9.17) is 9.84 Å². The maximum Gasteiger partial charge on any atom is 0.318 e. The van der Waals surface area contributed by atoms with Gasteiger partial charge >= 0.3 is 5.97 Å². The van der Waals surface area contributed by atoms with Crippen LogP contribution in [0.15, 0.2) is 0 Å². The molecule has 0 rings (SSSR count). The molecule has 0 atom stereocenters. The van der Waals surface area contributed by atoms with Crippen molar-refractivity contribution in [3.05, 3.63) is 0 Å². The number of carbonyl (C=O) groups is 1. The summed E-state index contributed by atoms with van der Waals surface area (Å²) in [6.45, 7) is 4.64. The Morgan fingerprint density at radius 1 is 1.41 bits per heavy atom. The van der Waals surface area contributed by atoms with Gasteiger partial charge in [-0.3, -0.25) is 4.79 Å². The summed E-state index contributed by atoms with van der Waals surface area (Å²) in [6.07, 6.45) is 0. The molecule has 102 valence electrons. The van der Waals surface area contributed by atoms with Crippen molar-refractivity contribution in [2.45, 2.75) is 26.3 Å². The third kappa shape index (κ3) is 5.97. The molecule has 0 aliphatic heterocycles. The number of ether oxygens (including phenoxy) is 1. The number of hydrogen-bond donors (Lipinski definition) is 2. The van der Waals surface area contributed by atoms with Crippen molar-refractivity contribution in [3.63, 3.8) is 0 Å². The molecule has 0 aromatic rings. The van der Waals surface area contributed by atoms with Crippen LogP contribution in [0.25, 0.3) is 0 Å². The minimum absolute atomic E-state index is 0.102. The quantitative estimate of drug-likeness (QED) is 0.615. The molecule has 8 heteroatoms. The van der Waals surface area contributed by atoms with Crippen LogP contribution in [0.4, 0.5) is 0 Å². The summed E-state index contributed by atoms with van der Waals surface area (Å²) >= 11 is 0. The average Bonchev–Trinajstić information content (AvgIpc) is 2.12. The molecule has 0 saturated heterocycles. The van der Waals surface area contributed by atoms with Crippen molar-refractivity contribution in [1.29, 1.82) is 0 Å². The molecule has 7 nitrogen and oxygen atoms in total. The van der Waals surface area contributed by atoms with E-state index in [1.807, 2.05) is 0 Å². The van der Waals surface area contributed by atoms with E-state index in [9.17, 15) is 13.2 Å². The van der Waals surface area contributed by atoms with E-state index in [0.29, 0.717) is 0 Å². The second-order valence-corrected chi connectivity index (χ2v) is 6.14. The molecule has 0 spiro atoms. The molecule has 0 bridgehead atoms. The second kappa shape index (κ2) is 6.29. The number of aliphatic carboxylic acids is 1. The van der Waals surface area contributed by atoms with Gasteiger partial charge in [0.05, 0.1) is 6.61 Å². The summed E-state index contributed by atoms with van der Waals surface area (Å²) in [4.78, 5) is 10.7. The first kappa shape index (κ1) is 16.3. The lowest BCUT2D eigenvalue weighted by Gasteiger charge is -2.32. The number of hydrogen-bond acceptors (Lipinski definition) is 4. The maximum absolute atomic E-state index is 11.9. The summed E-state index contributed by atoms with van der Waals surface area (Å²) in [5.74, 6) is -1.20. The van der Waals surface area contributed by atoms with Gasteiger partial charge in [0.15, 0.2) is 0 Å². The molecule has 0 aromatic carbocycles. The lowest BCUT2D eigenvalue weighted by molar-refractivity contribution is -0.138. The highest BCUT2D eigenvalue weighted by Crippen LogP contribution is 2.16. The third-order valence-corrected chi connectivity index (χ3v) is 3.73. The Kier molecular flexibility index (Phi) is 6.03. The van der Waals surface area contributed by atoms with Crippen molar-refractivity contribution >= 4 is 16.2 Å². The number of nitrogens with zero attached hydrogens (tertiary/aromatic N) is 1. The van der Waals surface area contributed by atoms with E-state index in [1.54, 1.807) is 20.8 Å². The van der Waals surface area contributed by atoms with Gasteiger partial charge in [-0.15, -0.1) is 0 Å². The Bertz CT molecular complexity index is 347. The van der Waals surface area contributed by atoms with Crippen LogP contribution < -0.4 is 4.72 Å². The number of carboxylic acid groups (broad SMARTS) is 1. The molecule has 0 aliphatic rings. The van der Waals surface area contributed by atoms with Crippen LogP contribution >= 0.6 is 0 Å². The third-order valence-electron chi connectivity index (χ3n) is 1.91. The zero-order valence-corrected chi connectivity index (χ0v) is 11.4. The van der Waals surface area contributed by atoms with Crippen LogP contribution in [0.5, 0.6) is 0 Å². The zero-order chi connectivity index (χ0) is 13.7. The highest BCUT2D eigenvalue weighted by Gasteiger charge is 2.33. The molecule has 0 unspecified atom stereocenters. The normalized spacial score (nSPS) is 13.0. The minimum atomic E-state index is -3.82. The van der Waals surface area contributed by atoms with Gasteiger partial charge < -0.3 is 9.84 Å². The second-order valence-electron chi connectivity index (χ2n) is 4.46. The fourth-order valence-electron chi connectivity index (χ4n) is 1.16. The predicted molar refractivity (Wildman–Crippen MR) is 62.9 cm³/mol. The molecule has 0 saturated carbocycles. The van der Waals surface area contributed by atoms with E-state index in [-0.39, 0.29) is 13.2 Å². The molecular formula is C9H20N2O5S. The average molecular weight is 268 g/mol. The first-order valence-electron chi connectivity index (χ1n) is 5.09. The van der Waals surface area contributed by atoms with Crippen LogP contribution in [-0.4, -0.2) is 56.1 Å². The first-order chi connectivity index (χ1) is 7.61. The van der Waals surface area contributed by atoms with Crippen LogP contribution in [0, 0.1) is 0 Å². The van der Waals surface area contributed by atoms with Gasteiger partial charge in [0.25, 0.3) is 10.2 Å². The molecule has 2 N–H and O–H groups in total. The lowest BCUT2D eigenvalue weighted by atomic mass is 10.1. The molecule has 0 amide bonds. The van der Waals surface area contributed by atoms with Gasteiger partial charge in [0, 0.05) is 19.2 Å². The van der Waals surface area contributed by atoms with Gasteiger partial charge in [0.1, 0.15) is 6.54 Å². The topological polar surface area (TPSA) is 95.9 Å². The molecule has 17 heavy (non-hydrogen) atoms. The van der Waals surface area contributed by atoms with Crippen molar-refractivity contribution in [2.75, 3.05) is 26.8 Å². The number of methoxy groups -OCH3 is 1. The van der Waals surface area contributed by atoms with Gasteiger partial charge in [-0.05, 0) is 20.8 Å². The summed E-state index contributed by atoms with van der Waals surface area (Å²) in [5.41, 5.74) is -0.808. The van der Waals surface area contributed by atoms with Gasteiger partial charge in [-0.1, -0.05) is 0 Å². The Morgan fingerprint density at radius 3 is 2.29 bits per heavy atom. The number of rotatable bonds is 7. The van der Waals surface area contributed by atoms with Crippen LogP contribution in [0.3, 0.4) is 0 Å². The largest absolute Gasteiger partial charge is 0.480 e. The standard InChI is InChI=1S/C9H20N2O5S/c1-9(2,3)11(7-8(12)13)17(14,15)10-5-6-16-4/h10H,5-7H2,1-4H3,(H,12,13). The maximum atomic E-state index is 11.9. The van der Waals surface area contributed by atoms with Crippen molar-refractivity contribution in [3.8, 4) is 0 Å². The number of nitrogens with one attached hydrogen (secondary N) is 1. The summed E-state index contributed by atoms with van der Waals surface area (Å²) in [5, 5.41) is 8.72. The summed E-state index contributed by atoms with van der Waals surface area (Å²) in [6, 6.07) is 0. The van der Waals surface area contributed by atoms with Gasteiger partial charge in [-0.2, -0.15) is 17.4 Å². The van der Waals surface area contributed by atoms with E-state index < -0.39 is 28.3 Å². The molecule has 0 radical (unpaired) electrons. The van der Waals surface area contributed by atoms with E-state index in [2.05, 4.69) is 4.72 Å². The van der Waals surface area contributed by atoms with Crippen molar-refractivity contribution in [1.82, 2.24) is 9.03 Å². The van der Waals surface area contributed by atoms with Crippen LogP contribution in [0.2, 0.25) is 0 Å². The lowest BCUT2D eigenvalue weighted by Crippen LogP contribution is -2.53. The Hall–Kier alpha value is -0.700. The van der Waals surface area contributed by atoms with E-state index in [1.165, 1.54) is 7.11 Å². The highest BCUT2D eigenvalue weighted by molar-refractivity contribution is 7.87. The van der Waals surface area contributed by atoms with Gasteiger partial charge in [-0.25, -0.2) is 0 Å². The molecular weight excluding hydrogens is 248 g/mol. The van der Waals surface area contributed by atoms with E-state index in [0.717, 1.165) is 4.31 Å². The number of carboxylic acids is 1. The Balaban J connectivity index is 4.85. The fourth-order valence-corrected chi connectivity index (χ4v) is 2.65. The first-order valence-corrected chi connectivity index (χ1v) is 6.53. The van der Waals surface area contributed by atoms with Gasteiger partial charge in [0.2, 0.25) is 0 Å². The minimum Gasteiger partial charge on any atom is -0.480 e. The predicted octanol–water partition coefficient (Wildman–Crippen LogP) is -0.348. The molecule has 0 aromatic heterocycles. The molecule has 0 fully saturated rings. The smallest absolute Gasteiger partial charge is 0.318 e. The van der Waals surface area contributed by atoms with Crippen molar-refractivity contribution < 1.29 is 23.1 Å². The summed E-state index contributed by atoms with van der Waals surface area (Å²) in [7, 11) is -2.37. The zero-order valence-electron chi connectivity index (χ0n) is 10.6. The Labute approximate surface area is 102 Å². The molecule has 0 heterocycles. The van der Waals surface area contributed by atoms with Crippen molar-refractivity contribution in [2.24, 2.45) is 0 Å². The molecule has 0 aliphatic carbocycles. The SMILES string of the molecule is COCCNS(=O)(=O)N(CC(=O)O)C(C)(C)C. The highest BCUT2D eigenvalue weighted by atomic mass is 32.2. The van der Waals surface area contributed by atoms with Crippen LogP contribution in [0.1, 0.15) is 20.8 Å². The fraction of sp³-hybridized carbons (Fsp3) is 0.889. The monoisotopic (exact) mass is 268 g/mol. The van der Waals surface area contributed by atoms with E-state index >= 15 is 0 Å². The van der Waals surface area contributed by atoms with Crippen LogP contribution in [-0.2, 0) is 19.7 Å².